The maximum absolute atomic E-state index is 13.2. The van der Waals surface area contributed by atoms with E-state index in [1.54, 1.807) is 13.0 Å². The molecule has 106 valence electrons. The highest BCUT2D eigenvalue weighted by atomic mass is 35.5. The fraction of sp³-hybridized carbons (Fsp3) is 0.308. The van der Waals surface area contributed by atoms with E-state index in [9.17, 15) is 4.39 Å². The zero-order chi connectivity index (χ0) is 14.5. The van der Waals surface area contributed by atoms with Crippen LogP contribution in [0.2, 0.25) is 5.28 Å². The van der Waals surface area contributed by atoms with Gasteiger partial charge in [0.15, 0.2) is 0 Å². The molecular weight excluding hydrogens is 285 g/mol. The molecule has 0 N–H and O–H groups in total. The molecule has 0 bridgehead atoms. The third kappa shape index (κ3) is 3.77. The third-order valence-corrected chi connectivity index (χ3v) is 2.52. The summed E-state index contributed by atoms with van der Waals surface area (Å²) in [6.07, 6.45) is 0.808. The molecule has 2 aromatic rings. The molecule has 0 amide bonds. The van der Waals surface area contributed by atoms with Crippen molar-refractivity contribution in [2.75, 3.05) is 6.61 Å². The van der Waals surface area contributed by atoms with E-state index < -0.39 is 5.82 Å². The van der Waals surface area contributed by atoms with E-state index in [0.29, 0.717) is 12.4 Å². The van der Waals surface area contributed by atoms with Crippen molar-refractivity contribution in [3.05, 3.63) is 34.9 Å². The van der Waals surface area contributed by atoms with E-state index >= 15 is 0 Å². The predicted octanol–water partition coefficient (Wildman–Crippen LogP) is 3.55. The second-order valence-corrected chi connectivity index (χ2v) is 4.37. The molecule has 0 unspecified atom stereocenters. The van der Waals surface area contributed by atoms with Crippen molar-refractivity contribution >= 4 is 11.6 Å². The molecule has 2 rings (SSSR count). The number of halogens is 2. The number of benzene rings is 1. The number of rotatable bonds is 5. The average molecular weight is 298 g/mol. The van der Waals surface area contributed by atoms with Crippen LogP contribution in [0.25, 0.3) is 0 Å². The first kappa shape index (κ1) is 14.5. The summed E-state index contributed by atoms with van der Waals surface area (Å²) >= 11 is 5.77. The van der Waals surface area contributed by atoms with Crippen LogP contribution in [0.15, 0.2) is 18.2 Å². The standard InChI is InChI=1S/C13H13ClFN3O2/c1-3-6-19-12-16-11(14)17-13(18-12)20-10-7-9(15)5-4-8(10)2/h4-5,7H,3,6H2,1-2H3. The van der Waals surface area contributed by atoms with E-state index in [2.05, 4.69) is 15.0 Å². The molecule has 20 heavy (non-hydrogen) atoms. The molecule has 0 atom stereocenters. The molecule has 0 radical (unpaired) electrons. The van der Waals surface area contributed by atoms with E-state index in [1.165, 1.54) is 12.1 Å². The van der Waals surface area contributed by atoms with Crippen molar-refractivity contribution in [1.29, 1.82) is 0 Å². The monoisotopic (exact) mass is 297 g/mol. The van der Waals surface area contributed by atoms with Gasteiger partial charge in [0.2, 0.25) is 5.28 Å². The molecule has 1 aromatic heterocycles. The van der Waals surface area contributed by atoms with Gasteiger partial charge in [-0.2, -0.15) is 9.97 Å². The van der Waals surface area contributed by atoms with Crippen LogP contribution in [0.5, 0.6) is 17.8 Å². The number of hydrogen-bond acceptors (Lipinski definition) is 5. The van der Waals surface area contributed by atoms with Gasteiger partial charge in [0.25, 0.3) is 0 Å². The zero-order valence-electron chi connectivity index (χ0n) is 11.1. The summed E-state index contributed by atoms with van der Waals surface area (Å²) in [5.41, 5.74) is 0.749. The van der Waals surface area contributed by atoms with Gasteiger partial charge < -0.3 is 9.47 Å². The smallest absolute Gasteiger partial charge is 0.329 e. The topological polar surface area (TPSA) is 57.1 Å². The van der Waals surface area contributed by atoms with Gasteiger partial charge in [-0.1, -0.05) is 13.0 Å². The zero-order valence-corrected chi connectivity index (χ0v) is 11.8. The summed E-state index contributed by atoms with van der Waals surface area (Å²) in [5, 5.41) is -0.0461. The SMILES string of the molecule is CCCOc1nc(Cl)nc(Oc2cc(F)ccc2C)n1. The normalized spacial score (nSPS) is 10.4. The summed E-state index contributed by atoms with van der Waals surface area (Å²) in [6.45, 7) is 4.20. The van der Waals surface area contributed by atoms with Crippen molar-refractivity contribution in [3.63, 3.8) is 0 Å². The predicted molar refractivity (Wildman–Crippen MR) is 71.8 cm³/mol. The van der Waals surface area contributed by atoms with E-state index in [1.807, 2.05) is 6.92 Å². The maximum atomic E-state index is 13.2. The molecule has 0 aliphatic rings. The lowest BCUT2D eigenvalue weighted by Crippen LogP contribution is -2.03. The number of aryl methyl sites for hydroxylation is 1. The van der Waals surface area contributed by atoms with Crippen LogP contribution in [0, 0.1) is 12.7 Å². The first-order valence-corrected chi connectivity index (χ1v) is 6.44. The molecule has 0 aliphatic carbocycles. The van der Waals surface area contributed by atoms with Crippen molar-refractivity contribution in [3.8, 4) is 17.8 Å². The Morgan fingerprint density at radius 2 is 1.95 bits per heavy atom. The summed E-state index contributed by atoms with van der Waals surface area (Å²) in [5.74, 6) is -0.0954. The minimum Gasteiger partial charge on any atom is -0.463 e. The highest BCUT2D eigenvalue weighted by molar-refractivity contribution is 6.28. The summed E-state index contributed by atoms with van der Waals surface area (Å²) in [6, 6.07) is 4.24. The van der Waals surface area contributed by atoms with Crippen LogP contribution < -0.4 is 9.47 Å². The number of nitrogens with zero attached hydrogens (tertiary/aromatic N) is 3. The maximum Gasteiger partial charge on any atom is 0.329 e. The minimum absolute atomic E-state index is 0.0372. The Morgan fingerprint density at radius 3 is 2.70 bits per heavy atom. The van der Waals surface area contributed by atoms with Crippen LogP contribution in [0.3, 0.4) is 0 Å². The Morgan fingerprint density at radius 1 is 1.20 bits per heavy atom. The molecule has 5 nitrogen and oxygen atoms in total. The lowest BCUT2D eigenvalue weighted by atomic mass is 10.2. The van der Waals surface area contributed by atoms with Gasteiger partial charge in [-0.25, -0.2) is 4.39 Å². The lowest BCUT2D eigenvalue weighted by Gasteiger charge is -2.08. The summed E-state index contributed by atoms with van der Waals surface area (Å²) in [7, 11) is 0. The van der Waals surface area contributed by atoms with Crippen molar-refractivity contribution < 1.29 is 13.9 Å². The van der Waals surface area contributed by atoms with Gasteiger partial charge in [-0.15, -0.1) is 4.98 Å². The highest BCUT2D eigenvalue weighted by Gasteiger charge is 2.10. The fourth-order valence-electron chi connectivity index (χ4n) is 1.40. The Balaban J connectivity index is 2.24. The van der Waals surface area contributed by atoms with Crippen molar-refractivity contribution in [2.45, 2.75) is 20.3 Å². The highest BCUT2D eigenvalue weighted by Crippen LogP contribution is 2.24. The van der Waals surface area contributed by atoms with Gasteiger partial charge in [0.05, 0.1) is 6.61 Å². The average Bonchev–Trinajstić information content (AvgIpc) is 2.40. The van der Waals surface area contributed by atoms with Crippen molar-refractivity contribution in [2.24, 2.45) is 0 Å². The van der Waals surface area contributed by atoms with E-state index in [0.717, 1.165) is 12.0 Å². The number of hydrogen-bond donors (Lipinski definition) is 0. The number of aromatic nitrogens is 3. The first-order valence-electron chi connectivity index (χ1n) is 6.07. The summed E-state index contributed by atoms with van der Waals surface area (Å²) in [4.78, 5) is 11.6. The van der Waals surface area contributed by atoms with Crippen LogP contribution >= 0.6 is 11.6 Å². The molecule has 0 saturated carbocycles. The van der Waals surface area contributed by atoms with Gasteiger partial charge in [0, 0.05) is 6.07 Å². The number of ether oxygens (including phenoxy) is 2. The second-order valence-electron chi connectivity index (χ2n) is 4.03. The molecule has 0 fully saturated rings. The van der Waals surface area contributed by atoms with Crippen LogP contribution in [0.1, 0.15) is 18.9 Å². The Kier molecular flexibility index (Phi) is 4.68. The molecule has 1 heterocycles. The van der Waals surface area contributed by atoms with Crippen LogP contribution in [-0.4, -0.2) is 21.6 Å². The largest absolute Gasteiger partial charge is 0.463 e. The first-order chi connectivity index (χ1) is 9.58. The van der Waals surface area contributed by atoms with Crippen LogP contribution in [-0.2, 0) is 0 Å². The van der Waals surface area contributed by atoms with Crippen LogP contribution in [0.4, 0.5) is 4.39 Å². The third-order valence-electron chi connectivity index (χ3n) is 2.35. The molecular formula is C13H13ClFN3O2. The fourth-order valence-corrected chi connectivity index (χ4v) is 1.55. The van der Waals surface area contributed by atoms with Gasteiger partial charge in [-0.3, -0.25) is 0 Å². The Hall–Kier alpha value is -1.95. The molecule has 1 aromatic carbocycles. The Bertz CT molecular complexity index is 610. The lowest BCUT2D eigenvalue weighted by molar-refractivity contribution is 0.284. The molecule has 0 aliphatic heterocycles. The van der Waals surface area contributed by atoms with E-state index in [4.69, 9.17) is 21.1 Å². The summed E-state index contributed by atoms with van der Waals surface area (Å²) < 4.78 is 23.9. The van der Waals surface area contributed by atoms with Crippen molar-refractivity contribution in [1.82, 2.24) is 15.0 Å². The quantitative estimate of drug-likeness (QED) is 0.844. The molecule has 7 heteroatoms. The van der Waals surface area contributed by atoms with Gasteiger partial charge in [-0.05, 0) is 36.6 Å². The second kappa shape index (κ2) is 6.47. The molecule has 0 saturated heterocycles. The Labute approximate surface area is 120 Å². The van der Waals surface area contributed by atoms with Gasteiger partial charge in [0.1, 0.15) is 11.6 Å². The molecule has 0 spiro atoms. The van der Waals surface area contributed by atoms with Gasteiger partial charge >= 0.3 is 12.0 Å². The minimum atomic E-state index is -0.409. The van der Waals surface area contributed by atoms with E-state index in [-0.39, 0.29) is 17.3 Å².